The number of rotatable bonds is 6. The molecule has 0 aliphatic heterocycles. The average molecular weight is 356 g/mol. The second kappa shape index (κ2) is 7.48. The molecule has 0 bridgehead atoms. The molecule has 2 aromatic heterocycles. The Kier molecular flexibility index (Phi) is 5.14. The number of aryl methyl sites for hydroxylation is 1. The molecule has 0 aliphatic rings. The molecule has 7 heteroatoms. The summed E-state index contributed by atoms with van der Waals surface area (Å²) in [5.74, 6) is 1.30. The maximum atomic E-state index is 12.5. The van der Waals surface area contributed by atoms with Crippen LogP contribution in [-0.2, 0) is 4.79 Å². The third-order valence-electron chi connectivity index (χ3n) is 3.83. The van der Waals surface area contributed by atoms with E-state index < -0.39 is 0 Å². The van der Waals surface area contributed by atoms with Gasteiger partial charge >= 0.3 is 0 Å². The molecule has 3 aromatic rings. The zero-order valence-corrected chi connectivity index (χ0v) is 15.3. The van der Waals surface area contributed by atoms with Gasteiger partial charge in [-0.25, -0.2) is 9.97 Å². The van der Waals surface area contributed by atoms with Gasteiger partial charge in [-0.1, -0.05) is 12.1 Å². The van der Waals surface area contributed by atoms with E-state index >= 15 is 0 Å². The Balaban J connectivity index is 1.80. The second-order valence-corrected chi connectivity index (χ2v) is 6.77. The first-order valence-electron chi connectivity index (χ1n) is 8.01. The van der Waals surface area contributed by atoms with Gasteiger partial charge in [0.15, 0.2) is 0 Å². The van der Waals surface area contributed by atoms with Crippen molar-refractivity contribution in [1.82, 2.24) is 9.97 Å². The smallest absolute Gasteiger partial charge is 0.244 e. The number of fused-ring (bicyclic) bond motifs is 1. The van der Waals surface area contributed by atoms with Crippen LogP contribution >= 0.6 is 11.3 Å². The number of thiophene rings is 1. The number of methoxy groups -OCH3 is 1. The number of benzene rings is 1. The zero-order valence-electron chi connectivity index (χ0n) is 14.4. The van der Waals surface area contributed by atoms with Crippen LogP contribution in [0.5, 0.6) is 5.75 Å². The Morgan fingerprint density at radius 1 is 1.32 bits per heavy atom. The molecule has 1 N–H and O–H groups in total. The SMILES string of the molecule is CCN(CC(=O)Nc1ccccc1OC)c1ncnc2sc(C)cc12. The van der Waals surface area contributed by atoms with Crippen LogP contribution in [0.4, 0.5) is 11.5 Å². The number of carbonyl (C=O) groups is 1. The number of aromatic nitrogens is 2. The Hall–Kier alpha value is -2.67. The zero-order chi connectivity index (χ0) is 17.8. The summed E-state index contributed by atoms with van der Waals surface area (Å²) in [5, 5.41) is 3.89. The fraction of sp³-hybridized carbons (Fsp3) is 0.278. The van der Waals surface area contributed by atoms with E-state index in [0.717, 1.165) is 16.0 Å². The second-order valence-electron chi connectivity index (χ2n) is 5.54. The van der Waals surface area contributed by atoms with Gasteiger partial charge in [-0.2, -0.15) is 0 Å². The molecular weight excluding hydrogens is 336 g/mol. The Morgan fingerprint density at radius 3 is 2.88 bits per heavy atom. The first-order valence-corrected chi connectivity index (χ1v) is 8.83. The number of anilines is 2. The van der Waals surface area contributed by atoms with Gasteiger partial charge in [0.1, 0.15) is 22.7 Å². The molecule has 0 radical (unpaired) electrons. The minimum Gasteiger partial charge on any atom is -0.495 e. The lowest BCUT2D eigenvalue weighted by Gasteiger charge is -2.22. The van der Waals surface area contributed by atoms with Crippen LogP contribution < -0.4 is 15.0 Å². The molecule has 0 spiro atoms. The summed E-state index contributed by atoms with van der Waals surface area (Å²) in [6.07, 6.45) is 1.55. The number of hydrogen-bond donors (Lipinski definition) is 1. The number of ether oxygens (including phenoxy) is 1. The molecular formula is C18H20N4O2S. The van der Waals surface area contributed by atoms with Crippen LogP contribution in [0.2, 0.25) is 0 Å². The highest BCUT2D eigenvalue weighted by Gasteiger charge is 2.16. The van der Waals surface area contributed by atoms with Crippen molar-refractivity contribution in [2.45, 2.75) is 13.8 Å². The molecule has 0 atom stereocenters. The highest BCUT2D eigenvalue weighted by atomic mass is 32.1. The first-order chi connectivity index (χ1) is 12.1. The lowest BCUT2D eigenvalue weighted by molar-refractivity contribution is -0.115. The Labute approximate surface area is 150 Å². The van der Waals surface area contributed by atoms with Crippen LogP contribution in [0.1, 0.15) is 11.8 Å². The number of para-hydroxylation sites is 2. The fourth-order valence-corrected chi connectivity index (χ4v) is 3.50. The van der Waals surface area contributed by atoms with E-state index in [-0.39, 0.29) is 12.5 Å². The summed E-state index contributed by atoms with van der Waals surface area (Å²) < 4.78 is 5.28. The quantitative estimate of drug-likeness (QED) is 0.732. The number of amides is 1. The predicted molar refractivity (Wildman–Crippen MR) is 102 cm³/mol. The minimum absolute atomic E-state index is 0.120. The lowest BCUT2D eigenvalue weighted by Crippen LogP contribution is -2.33. The van der Waals surface area contributed by atoms with Crippen molar-refractivity contribution in [2.75, 3.05) is 30.4 Å². The van der Waals surface area contributed by atoms with Gasteiger partial charge in [-0.15, -0.1) is 11.3 Å². The van der Waals surface area contributed by atoms with E-state index in [1.165, 1.54) is 4.88 Å². The monoisotopic (exact) mass is 356 g/mol. The van der Waals surface area contributed by atoms with Gasteiger partial charge in [0.2, 0.25) is 5.91 Å². The highest BCUT2D eigenvalue weighted by Crippen LogP contribution is 2.29. The molecule has 130 valence electrons. The molecule has 1 amide bonds. The highest BCUT2D eigenvalue weighted by molar-refractivity contribution is 7.18. The molecule has 2 heterocycles. The van der Waals surface area contributed by atoms with Gasteiger partial charge in [-0.05, 0) is 32.0 Å². The van der Waals surface area contributed by atoms with Gasteiger partial charge in [0.05, 0.1) is 24.7 Å². The normalized spacial score (nSPS) is 10.7. The molecule has 25 heavy (non-hydrogen) atoms. The van der Waals surface area contributed by atoms with Gasteiger partial charge in [0.25, 0.3) is 0 Å². The standard InChI is InChI=1S/C18H20N4O2S/c1-4-22(17-13-9-12(2)25-18(13)20-11-19-17)10-16(23)21-14-7-5-6-8-15(14)24-3/h5-9,11H,4,10H2,1-3H3,(H,21,23). The van der Waals surface area contributed by atoms with Crippen molar-refractivity contribution < 1.29 is 9.53 Å². The summed E-state index contributed by atoms with van der Waals surface area (Å²) in [6, 6.07) is 9.42. The number of nitrogens with one attached hydrogen (secondary N) is 1. The third-order valence-corrected chi connectivity index (χ3v) is 4.79. The van der Waals surface area contributed by atoms with E-state index in [0.29, 0.717) is 18.0 Å². The summed E-state index contributed by atoms with van der Waals surface area (Å²) in [4.78, 5) is 25.3. The number of carbonyl (C=O) groups excluding carboxylic acids is 1. The van der Waals surface area contributed by atoms with Crippen molar-refractivity contribution in [2.24, 2.45) is 0 Å². The van der Waals surface area contributed by atoms with Gasteiger partial charge in [0, 0.05) is 11.4 Å². The Bertz CT molecular complexity index is 894. The van der Waals surface area contributed by atoms with Crippen molar-refractivity contribution in [1.29, 1.82) is 0 Å². The summed E-state index contributed by atoms with van der Waals surface area (Å²) >= 11 is 1.63. The number of hydrogen-bond acceptors (Lipinski definition) is 6. The lowest BCUT2D eigenvalue weighted by atomic mass is 10.3. The van der Waals surface area contributed by atoms with E-state index in [1.807, 2.05) is 43.0 Å². The maximum Gasteiger partial charge on any atom is 0.244 e. The van der Waals surface area contributed by atoms with Crippen LogP contribution in [0.25, 0.3) is 10.2 Å². The number of likely N-dealkylation sites (N-methyl/N-ethyl adjacent to an activating group) is 1. The van der Waals surface area contributed by atoms with Gasteiger partial charge in [-0.3, -0.25) is 4.79 Å². The predicted octanol–water partition coefficient (Wildman–Crippen LogP) is 3.47. The summed E-state index contributed by atoms with van der Waals surface area (Å²) in [5.41, 5.74) is 0.658. The molecule has 3 rings (SSSR count). The average Bonchev–Trinajstić information content (AvgIpc) is 3.00. The topological polar surface area (TPSA) is 67.4 Å². The van der Waals surface area contributed by atoms with Crippen molar-refractivity contribution in [3.05, 3.63) is 41.5 Å². The molecule has 0 saturated heterocycles. The van der Waals surface area contributed by atoms with Crippen LogP contribution in [-0.4, -0.2) is 36.1 Å². The summed E-state index contributed by atoms with van der Waals surface area (Å²) in [7, 11) is 1.58. The van der Waals surface area contributed by atoms with E-state index in [4.69, 9.17) is 4.74 Å². The molecule has 0 aliphatic carbocycles. The van der Waals surface area contributed by atoms with E-state index in [2.05, 4.69) is 21.4 Å². The largest absolute Gasteiger partial charge is 0.495 e. The Morgan fingerprint density at radius 2 is 2.12 bits per heavy atom. The first kappa shape index (κ1) is 17.2. The van der Waals surface area contributed by atoms with Crippen LogP contribution in [0, 0.1) is 6.92 Å². The third kappa shape index (κ3) is 3.71. The molecule has 1 aromatic carbocycles. The molecule has 0 unspecified atom stereocenters. The minimum atomic E-state index is -0.120. The molecule has 6 nitrogen and oxygen atoms in total. The maximum absolute atomic E-state index is 12.5. The number of nitrogens with zero attached hydrogens (tertiary/aromatic N) is 3. The van der Waals surface area contributed by atoms with E-state index in [9.17, 15) is 4.79 Å². The van der Waals surface area contributed by atoms with Crippen molar-refractivity contribution >= 4 is 39.0 Å². The van der Waals surface area contributed by atoms with Crippen molar-refractivity contribution in [3.8, 4) is 5.75 Å². The van der Waals surface area contributed by atoms with Crippen molar-refractivity contribution in [3.63, 3.8) is 0 Å². The fourth-order valence-electron chi connectivity index (χ4n) is 2.66. The van der Waals surface area contributed by atoms with Crippen LogP contribution in [0.3, 0.4) is 0 Å². The summed E-state index contributed by atoms with van der Waals surface area (Å²) in [6.45, 7) is 4.92. The molecule has 0 saturated carbocycles. The van der Waals surface area contributed by atoms with Gasteiger partial charge < -0.3 is 15.0 Å². The molecule has 0 fully saturated rings. The van der Waals surface area contributed by atoms with Crippen LogP contribution in [0.15, 0.2) is 36.7 Å². The van der Waals surface area contributed by atoms with E-state index in [1.54, 1.807) is 24.8 Å².